The van der Waals surface area contributed by atoms with Crippen LogP contribution in [0, 0.1) is 5.92 Å². The minimum atomic E-state index is -0.898. The number of primary amides is 1. The van der Waals surface area contributed by atoms with Gasteiger partial charge in [-0.05, 0) is 62.4 Å². The summed E-state index contributed by atoms with van der Waals surface area (Å²) in [7, 11) is 0. The minimum Gasteiger partial charge on any atom is -0.482 e. The van der Waals surface area contributed by atoms with Crippen molar-refractivity contribution in [3.63, 3.8) is 0 Å². The van der Waals surface area contributed by atoms with Crippen molar-refractivity contribution in [3.8, 4) is 5.75 Å². The molecule has 0 unspecified atom stereocenters. The molecule has 2 aromatic carbocycles. The van der Waals surface area contributed by atoms with Gasteiger partial charge in [-0.2, -0.15) is 0 Å². The van der Waals surface area contributed by atoms with Gasteiger partial charge in [-0.1, -0.05) is 35.9 Å². The summed E-state index contributed by atoms with van der Waals surface area (Å²) in [6, 6.07) is 13.9. The predicted octanol–water partition coefficient (Wildman–Crippen LogP) is 2.64. The van der Waals surface area contributed by atoms with E-state index in [9.17, 15) is 14.4 Å². The lowest BCUT2D eigenvalue weighted by molar-refractivity contribution is -0.138. The highest BCUT2D eigenvalue weighted by Crippen LogP contribution is 2.57. The standard InChI is InChI=1S/C30H36ClN5O4/c31-24-16-20(9-10-26(24)40-19-27(32)37)18-34-12-4-11-33-28(38)23-17-21-6-3-15-36(21)30(23)22-7-1-2-8-25(22)35(29(30)39)14-5-13-34/h1-2,7-10,16,21,23H,3-6,11-15,17-19H2,(H2,32,37)(H,33,38)/t21-,23-,30+/m0/s1. The fraction of sp³-hybridized carbons (Fsp3) is 0.500. The van der Waals surface area contributed by atoms with Gasteiger partial charge in [0.05, 0.1) is 10.9 Å². The molecule has 0 aliphatic carbocycles. The fourth-order valence-electron chi connectivity index (χ4n) is 7.31. The van der Waals surface area contributed by atoms with Crippen molar-refractivity contribution in [1.82, 2.24) is 15.1 Å². The van der Waals surface area contributed by atoms with E-state index in [4.69, 9.17) is 22.1 Å². The van der Waals surface area contributed by atoms with Crippen LogP contribution in [-0.4, -0.2) is 72.9 Å². The average molecular weight is 566 g/mol. The molecule has 2 aromatic rings. The molecule has 4 aliphatic heterocycles. The maximum absolute atomic E-state index is 14.4. The second-order valence-electron chi connectivity index (χ2n) is 11.3. The number of para-hydroxylation sites is 1. The molecule has 6 rings (SSSR count). The van der Waals surface area contributed by atoms with Crippen LogP contribution in [0.5, 0.6) is 5.75 Å². The molecule has 3 atom stereocenters. The number of fused-ring (bicyclic) bond motifs is 4. The van der Waals surface area contributed by atoms with E-state index < -0.39 is 11.4 Å². The number of hydrogen-bond donors (Lipinski definition) is 2. The van der Waals surface area contributed by atoms with Crippen LogP contribution in [0.15, 0.2) is 42.5 Å². The largest absolute Gasteiger partial charge is 0.482 e. The summed E-state index contributed by atoms with van der Waals surface area (Å²) < 4.78 is 5.38. The van der Waals surface area contributed by atoms with Crippen LogP contribution < -0.4 is 20.7 Å². The third-order valence-electron chi connectivity index (χ3n) is 8.91. The van der Waals surface area contributed by atoms with Crippen molar-refractivity contribution < 1.29 is 19.1 Å². The topological polar surface area (TPSA) is 108 Å². The van der Waals surface area contributed by atoms with E-state index in [1.807, 2.05) is 35.2 Å². The van der Waals surface area contributed by atoms with E-state index in [0.717, 1.165) is 68.6 Å². The SMILES string of the molecule is NC(=O)COc1ccc(CN2CCCNC(=O)[C@@H]3C[C@@H]4CCCN4[C@@]34C(=O)N(CCC2)c2ccccc24)cc1Cl. The van der Waals surface area contributed by atoms with Gasteiger partial charge in [-0.15, -0.1) is 0 Å². The fourth-order valence-corrected chi connectivity index (χ4v) is 7.57. The monoisotopic (exact) mass is 565 g/mol. The number of carbonyl (C=O) groups is 3. The molecule has 10 heteroatoms. The highest BCUT2D eigenvalue weighted by Gasteiger charge is 2.66. The molecule has 9 nitrogen and oxygen atoms in total. The first-order valence-electron chi connectivity index (χ1n) is 14.3. The smallest absolute Gasteiger partial charge is 0.255 e. The van der Waals surface area contributed by atoms with Gasteiger partial charge in [0.1, 0.15) is 11.3 Å². The molecule has 40 heavy (non-hydrogen) atoms. The number of hydrogen-bond acceptors (Lipinski definition) is 6. The van der Waals surface area contributed by atoms with Crippen molar-refractivity contribution in [1.29, 1.82) is 0 Å². The Hall–Kier alpha value is -3.14. The summed E-state index contributed by atoms with van der Waals surface area (Å²) in [6.07, 6.45) is 4.44. The molecule has 3 N–H and O–H groups in total. The van der Waals surface area contributed by atoms with Crippen LogP contribution in [0.3, 0.4) is 0 Å². The van der Waals surface area contributed by atoms with E-state index in [1.165, 1.54) is 0 Å². The molecule has 3 saturated heterocycles. The number of nitrogens with zero attached hydrogens (tertiary/aromatic N) is 3. The Balaban J connectivity index is 1.24. The van der Waals surface area contributed by atoms with E-state index in [-0.39, 0.29) is 30.4 Å². The van der Waals surface area contributed by atoms with Crippen LogP contribution in [0.1, 0.15) is 43.2 Å². The van der Waals surface area contributed by atoms with Crippen LogP contribution in [0.4, 0.5) is 5.69 Å². The Morgan fingerprint density at radius 2 is 1.90 bits per heavy atom. The van der Waals surface area contributed by atoms with E-state index >= 15 is 0 Å². The number of amides is 3. The molecule has 1 spiro atoms. The maximum Gasteiger partial charge on any atom is 0.255 e. The molecule has 0 radical (unpaired) electrons. The van der Waals surface area contributed by atoms with Crippen LogP contribution in [0.25, 0.3) is 0 Å². The molecular formula is C30H36ClN5O4. The summed E-state index contributed by atoms with van der Waals surface area (Å²) in [5, 5.41) is 3.62. The number of anilines is 1. The summed E-state index contributed by atoms with van der Waals surface area (Å²) in [5.41, 5.74) is 7.23. The number of rotatable bonds is 5. The quantitative estimate of drug-likeness (QED) is 0.577. The van der Waals surface area contributed by atoms with Crippen molar-refractivity contribution in [2.75, 3.05) is 44.2 Å². The average Bonchev–Trinajstić information content (AvgIpc) is 3.59. The zero-order chi connectivity index (χ0) is 27.9. The third-order valence-corrected chi connectivity index (χ3v) is 9.21. The number of nitrogens with one attached hydrogen (secondary N) is 1. The summed E-state index contributed by atoms with van der Waals surface area (Å²) >= 11 is 6.41. The van der Waals surface area contributed by atoms with Crippen molar-refractivity contribution >= 4 is 35.0 Å². The lowest BCUT2D eigenvalue weighted by Gasteiger charge is -2.37. The van der Waals surface area contributed by atoms with Gasteiger partial charge in [0.15, 0.2) is 6.61 Å². The first kappa shape index (κ1) is 27.1. The normalized spacial score (nSPS) is 27.2. The van der Waals surface area contributed by atoms with Gasteiger partial charge in [0, 0.05) is 50.0 Å². The number of halogens is 1. The zero-order valence-electron chi connectivity index (χ0n) is 22.6. The summed E-state index contributed by atoms with van der Waals surface area (Å²) in [6.45, 7) is 4.04. The van der Waals surface area contributed by atoms with Gasteiger partial charge in [-0.25, -0.2) is 0 Å². The Morgan fingerprint density at radius 3 is 2.73 bits per heavy atom. The molecule has 0 aromatic heterocycles. The Morgan fingerprint density at radius 1 is 1.07 bits per heavy atom. The van der Waals surface area contributed by atoms with E-state index in [2.05, 4.69) is 21.2 Å². The second-order valence-corrected chi connectivity index (χ2v) is 11.7. The third kappa shape index (κ3) is 4.63. The number of carbonyl (C=O) groups excluding carboxylic acids is 3. The molecule has 4 heterocycles. The van der Waals surface area contributed by atoms with E-state index in [1.54, 1.807) is 6.07 Å². The second kappa shape index (κ2) is 11.0. The Bertz CT molecular complexity index is 1320. The molecule has 3 amide bonds. The van der Waals surface area contributed by atoms with Crippen molar-refractivity contribution in [3.05, 3.63) is 58.6 Å². The van der Waals surface area contributed by atoms with Gasteiger partial charge < -0.3 is 20.7 Å². The van der Waals surface area contributed by atoms with Crippen LogP contribution in [-0.2, 0) is 26.5 Å². The first-order valence-corrected chi connectivity index (χ1v) is 14.6. The number of ether oxygens (including phenoxy) is 1. The van der Waals surface area contributed by atoms with Crippen molar-refractivity contribution in [2.45, 2.75) is 50.2 Å². The summed E-state index contributed by atoms with van der Waals surface area (Å²) in [4.78, 5) is 45.8. The summed E-state index contributed by atoms with van der Waals surface area (Å²) in [5.74, 6) is -0.476. The number of benzene rings is 2. The van der Waals surface area contributed by atoms with Gasteiger partial charge in [0.25, 0.3) is 11.8 Å². The minimum absolute atomic E-state index is 0.0106. The van der Waals surface area contributed by atoms with E-state index in [0.29, 0.717) is 30.4 Å². The lowest BCUT2D eigenvalue weighted by Crippen LogP contribution is -2.56. The Kier molecular flexibility index (Phi) is 7.46. The highest BCUT2D eigenvalue weighted by atomic mass is 35.5. The molecule has 212 valence electrons. The maximum atomic E-state index is 14.4. The zero-order valence-corrected chi connectivity index (χ0v) is 23.4. The van der Waals surface area contributed by atoms with Gasteiger partial charge in [-0.3, -0.25) is 24.2 Å². The first-order chi connectivity index (χ1) is 19.4. The molecule has 4 aliphatic rings. The van der Waals surface area contributed by atoms with Crippen molar-refractivity contribution in [2.24, 2.45) is 11.7 Å². The van der Waals surface area contributed by atoms with Gasteiger partial charge >= 0.3 is 0 Å². The predicted molar refractivity (Wildman–Crippen MR) is 152 cm³/mol. The van der Waals surface area contributed by atoms with Crippen LogP contribution >= 0.6 is 11.6 Å². The van der Waals surface area contributed by atoms with Crippen LogP contribution in [0.2, 0.25) is 5.02 Å². The lowest BCUT2D eigenvalue weighted by atomic mass is 9.78. The molecule has 3 fully saturated rings. The molecule has 0 saturated carbocycles. The van der Waals surface area contributed by atoms with Gasteiger partial charge in [0.2, 0.25) is 5.91 Å². The Labute approximate surface area is 239 Å². The molecule has 2 bridgehead atoms. The number of nitrogens with two attached hydrogens (primary N) is 1. The molecular weight excluding hydrogens is 530 g/mol. The highest BCUT2D eigenvalue weighted by molar-refractivity contribution is 6.32.